The van der Waals surface area contributed by atoms with Gasteiger partial charge in [-0.05, 0) is 43.4 Å². The maximum Gasteiger partial charge on any atom is 0.270 e. The fourth-order valence-corrected chi connectivity index (χ4v) is 3.44. The van der Waals surface area contributed by atoms with E-state index in [2.05, 4.69) is 22.9 Å². The normalized spacial score (nSPS) is 20.5. The van der Waals surface area contributed by atoms with Crippen molar-refractivity contribution in [3.8, 4) is 0 Å². The second kappa shape index (κ2) is 10.3. The van der Waals surface area contributed by atoms with Gasteiger partial charge in [0.15, 0.2) is 0 Å². The van der Waals surface area contributed by atoms with Crippen LogP contribution in [0.1, 0.15) is 30.1 Å². The maximum absolute atomic E-state index is 12.7. The number of piperidine rings is 1. The molecule has 1 aromatic rings. The molecule has 0 radical (unpaired) electrons. The highest BCUT2D eigenvalue weighted by Gasteiger charge is 2.27. The predicted octanol–water partition coefficient (Wildman–Crippen LogP) is 1.56. The van der Waals surface area contributed by atoms with Gasteiger partial charge in [-0.15, -0.1) is 0 Å². The van der Waals surface area contributed by atoms with E-state index < -0.39 is 16.9 Å². The Morgan fingerprint density at radius 1 is 1.44 bits per heavy atom. The quantitative estimate of drug-likeness (QED) is 0.455. The third-order valence-corrected chi connectivity index (χ3v) is 5.35. The molecule has 3 N–H and O–H groups in total. The van der Waals surface area contributed by atoms with Crippen molar-refractivity contribution in [2.75, 3.05) is 25.1 Å². The molecule has 0 bridgehead atoms. The van der Waals surface area contributed by atoms with Crippen molar-refractivity contribution in [1.82, 2.24) is 16.0 Å². The number of nitrogens with zero attached hydrogens (tertiary/aromatic N) is 1. The summed E-state index contributed by atoms with van der Waals surface area (Å²) < 4.78 is 0. The first-order valence-corrected chi connectivity index (χ1v) is 10.4. The highest BCUT2D eigenvalue weighted by Crippen LogP contribution is 2.14. The lowest BCUT2D eigenvalue weighted by atomic mass is 9.94. The summed E-state index contributed by atoms with van der Waals surface area (Å²) in [6, 6.07) is 4.84. The second-order valence-electron chi connectivity index (χ2n) is 6.70. The molecule has 0 aromatic heterocycles. The zero-order valence-corrected chi connectivity index (χ0v) is 16.4. The van der Waals surface area contributed by atoms with Gasteiger partial charge in [-0.2, -0.15) is 11.8 Å². The molecule has 1 saturated heterocycles. The van der Waals surface area contributed by atoms with Crippen molar-refractivity contribution < 1.29 is 14.5 Å². The van der Waals surface area contributed by atoms with Crippen molar-refractivity contribution in [3.05, 3.63) is 39.9 Å². The fourth-order valence-electron chi connectivity index (χ4n) is 2.97. The third kappa shape index (κ3) is 6.21. The number of nitro benzene ring substituents is 1. The first-order valence-electron chi connectivity index (χ1n) is 8.97. The van der Waals surface area contributed by atoms with Crippen LogP contribution < -0.4 is 16.0 Å². The Morgan fingerprint density at radius 2 is 2.22 bits per heavy atom. The number of non-ortho nitro benzene ring substituents is 1. The monoisotopic (exact) mass is 394 g/mol. The summed E-state index contributed by atoms with van der Waals surface area (Å²) in [4.78, 5) is 35.6. The number of nitrogens with one attached hydrogen (secondary N) is 3. The van der Waals surface area contributed by atoms with Gasteiger partial charge < -0.3 is 16.0 Å². The van der Waals surface area contributed by atoms with Crippen molar-refractivity contribution in [2.45, 2.75) is 31.8 Å². The summed E-state index contributed by atoms with van der Waals surface area (Å²) in [6.07, 6.45) is 3.41. The highest BCUT2D eigenvalue weighted by molar-refractivity contribution is 7.98. The van der Waals surface area contributed by atoms with Crippen LogP contribution in [0.15, 0.2) is 24.3 Å². The van der Waals surface area contributed by atoms with Gasteiger partial charge in [-0.1, -0.05) is 13.0 Å². The molecule has 148 valence electrons. The smallest absolute Gasteiger partial charge is 0.270 e. The van der Waals surface area contributed by atoms with Crippen LogP contribution in [0.2, 0.25) is 0 Å². The number of carbonyl (C=O) groups excluding carboxylic acids is 2. The van der Waals surface area contributed by atoms with Gasteiger partial charge in [0.1, 0.15) is 6.04 Å². The SMILES string of the molecule is CSCCC(NC(=O)c1cccc([N+](=O)[O-])c1)C(=O)NC1CNCCC1C. The van der Waals surface area contributed by atoms with E-state index in [-0.39, 0.29) is 23.2 Å². The van der Waals surface area contributed by atoms with Crippen LogP contribution in [0.25, 0.3) is 0 Å². The number of benzene rings is 1. The summed E-state index contributed by atoms with van der Waals surface area (Å²) >= 11 is 1.59. The minimum atomic E-state index is -0.682. The Morgan fingerprint density at radius 3 is 2.89 bits per heavy atom. The molecule has 1 aliphatic rings. The molecule has 1 heterocycles. The summed E-state index contributed by atoms with van der Waals surface area (Å²) in [6.45, 7) is 3.75. The predicted molar refractivity (Wildman–Crippen MR) is 106 cm³/mol. The summed E-state index contributed by atoms with van der Waals surface area (Å²) in [5.41, 5.74) is 0.00808. The number of carbonyl (C=O) groups is 2. The molecular formula is C18H26N4O4S. The van der Waals surface area contributed by atoms with Crippen LogP contribution in [-0.4, -0.2) is 53.9 Å². The Kier molecular flexibility index (Phi) is 8.05. The van der Waals surface area contributed by atoms with E-state index in [1.165, 1.54) is 24.3 Å². The van der Waals surface area contributed by atoms with Crippen molar-refractivity contribution in [3.63, 3.8) is 0 Å². The lowest BCUT2D eigenvalue weighted by Crippen LogP contribution is -2.55. The number of thioether (sulfide) groups is 1. The lowest BCUT2D eigenvalue weighted by molar-refractivity contribution is -0.384. The zero-order valence-electron chi connectivity index (χ0n) is 15.6. The molecule has 8 nitrogen and oxygen atoms in total. The van der Waals surface area contributed by atoms with E-state index in [0.29, 0.717) is 24.6 Å². The molecule has 1 aliphatic heterocycles. The lowest BCUT2D eigenvalue weighted by Gasteiger charge is -2.31. The Bertz CT molecular complexity index is 685. The summed E-state index contributed by atoms with van der Waals surface area (Å²) in [7, 11) is 0. The maximum atomic E-state index is 12.7. The molecule has 9 heteroatoms. The molecule has 0 spiro atoms. The third-order valence-electron chi connectivity index (χ3n) is 4.71. The molecule has 3 atom stereocenters. The average Bonchev–Trinajstić information content (AvgIpc) is 2.66. The zero-order chi connectivity index (χ0) is 19.8. The Labute approximate surface area is 163 Å². The molecule has 3 unspecified atom stereocenters. The van der Waals surface area contributed by atoms with Crippen LogP contribution in [0.4, 0.5) is 5.69 Å². The number of hydrogen-bond donors (Lipinski definition) is 3. The number of hydrogen-bond acceptors (Lipinski definition) is 6. The Balaban J connectivity index is 2.06. The van der Waals surface area contributed by atoms with Crippen molar-refractivity contribution in [1.29, 1.82) is 0 Å². The van der Waals surface area contributed by atoms with Gasteiger partial charge in [0.2, 0.25) is 5.91 Å². The van der Waals surface area contributed by atoms with E-state index in [1.807, 2.05) is 6.26 Å². The van der Waals surface area contributed by atoms with Crippen LogP contribution in [0.5, 0.6) is 0 Å². The van der Waals surface area contributed by atoms with Crippen molar-refractivity contribution in [2.24, 2.45) is 5.92 Å². The first-order chi connectivity index (χ1) is 12.9. The van der Waals surface area contributed by atoms with Crippen molar-refractivity contribution >= 4 is 29.3 Å². The molecule has 2 amide bonds. The largest absolute Gasteiger partial charge is 0.350 e. The molecular weight excluding hydrogens is 368 g/mol. The van der Waals surface area contributed by atoms with E-state index in [4.69, 9.17) is 0 Å². The molecule has 0 saturated carbocycles. The number of amides is 2. The first kappa shape index (κ1) is 21.2. The molecule has 1 fully saturated rings. The van der Waals surface area contributed by atoms with E-state index in [1.54, 1.807) is 11.8 Å². The van der Waals surface area contributed by atoms with Crippen LogP contribution in [-0.2, 0) is 4.79 Å². The van der Waals surface area contributed by atoms with Gasteiger partial charge in [0.05, 0.1) is 4.92 Å². The van der Waals surface area contributed by atoms with Gasteiger partial charge in [0.25, 0.3) is 11.6 Å². The molecule has 0 aliphatic carbocycles. The standard InChI is InChI=1S/C18H26N4O4S/c1-12-6-8-19-11-16(12)21-18(24)15(7-9-27-2)20-17(23)13-4-3-5-14(10-13)22(25)26/h3-5,10,12,15-16,19H,6-9,11H2,1-2H3,(H,20,23)(H,21,24). The van der Waals surface area contributed by atoms with Gasteiger partial charge >= 0.3 is 0 Å². The average molecular weight is 394 g/mol. The summed E-state index contributed by atoms with van der Waals surface area (Å²) in [5, 5.41) is 19.9. The van der Waals surface area contributed by atoms with E-state index in [9.17, 15) is 19.7 Å². The van der Waals surface area contributed by atoms with E-state index in [0.717, 1.165) is 13.0 Å². The number of nitro groups is 1. The Hall–Kier alpha value is -2.13. The minimum absolute atomic E-state index is 0.0257. The summed E-state index contributed by atoms with van der Waals surface area (Å²) in [5.74, 6) is 0.369. The molecule has 1 aromatic carbocycles. The topological polar surface area (TPSA) is 113 Å². The second-order valence-corrected chi connectivity index (χ2v) is 7.69. The van der Waals surface area contributed by atoms with E-state index >= 15 is 0 Å². The molecule has 27 heavy (non-hydrogen) atoms. The fraction of sp³-hybridized carbons (Fsp3) is 0.556. The van der Waals surface area contributed by atoms with Gasteiger partial charge in [-0.3, -0.25) is 19.7 Å². The highest BCUT2D eigenvalue weighted by atomic mass is 32.2. The van der Waals surface area contributed by atoms with Crippen LogP contribution >= 0.6 is 11.8 Å². The molecule has 2 rings (SSSR count). The number of rotatable bonds is 8. The van der Waals surface area contributed by atoms with Gasteiger partial charge in [-0.25, -0.2) is 0 Å². The van der Waals surface area contributed by atoms with Gasteiger partial charge in [0, 0.05) is 30.3 Å². The van der Waals surface area contributed by atoms with Crippen LogP contribution in [0.3, 0.4) is 0 Å². The minimum Gasteiger partial charge on any atom is -0.350 e. The van der Waals surface area contributed by atoms with Crippen LogP contribution in [0, 0.1) is 16.0 Å².